The van der Waals surface area contributed by atoms with Gasteiger partial charge in [0.25, 0.3) is 5.91 Å². The summed E-state index contributed by atoms with van der Waals surface area (Å²) in [4.78, 5) is 27.3. The van der Waals surface area contributed by atoms with Crippen LogP contribution in [-0.2, 0) is 19.6 Å². The van der Waals surface area contributed by atoms with Gasteiger partial charge in [0.15, 0.2) is 0 Å². The molecular weight excluding hydrogens is 334 g/mol. The van der Waals surface area contributed by atoms with Gasteiger partial charge in [-0.05, 0) is 39.5 Å². The molecule has 2 aliphatic heterocycles. The van der Waals surface area contributed by atoms with E-state index in [0.717, 1.165) is 12.8 Å². The number of carbonyl (C=O) groups is 2. The van der Waals surface area contributed by atoms with Crippen molar-refractivity contribution >= 4 is 21.8 Å². The van der Waals surface area contributed by atoms with Gasteiger partial charge >= 0.3 is 0 Å². The van der Waals surface area contributed by atoms with Crippen molar-refractivity contribution in [1.82, 2.24) is 14.5 Å². The molecule has 2 heterocycles. The topological polar surface area (TPSA) is 107 Å². The fourth-order valence-electron chi connectivity index (χ4n) is 3.14. The van der Waals surface area contributed by atoms with E-state index in [1.54, 1.807) is 13.8 Å². The first-order valence-electron chi connectivity index (χ1n) is 8.46. The average Bonchev–Trinajstić information content (AvgIpc) is 2.93. The summed E-state index contributed by atoms with van der Waals surface area (Å²) < 4.78 is 27.0. The van der Waals surface area contributed by atoms with Crippen LogP contribution in [0, 0.1) is 0 Å². The summed E-state index contributed by atoms with van der Waals surface area (Å²) in [6.07, 6.45) is 1.29. The molecule has 2 atom stereocenters. The highest BCUT2D eigenvalue weighted by molar-refractivity contribution is 7.90. The second kappa shape index (κ2) is 7.79. The number of carbonyl (C=O) groups excluding carboxylic acids is 2. The van der Waals surface area contributed by atoms with Crippen molar-refractivity contribution in [2.45, 2.75) is 56.9 Å². The average molecular weight is 361 g/mol. The molecule has 0 aliphatic carbocycles. The van der Waals surface area contributed by atoms with Crippen molar-refractivity contribution in [3.63, 3.8) is 0 Å². The van der Waals surface area contributed by atoms with Crippen LogP contribution in [0.25, 0.3) is 0 Å². The van der Waals surface area contributed by atoms with Crippen LogP contribution in [0.2, 0.25) is 0 Å². The number of nitrogens with zero attached hydrogens (tertiary/aromatic N) is 2. The fourth-order valence-corrected chi connectivity index (χ4v) is 4.78. The summed E-state index contributed by atoms with van der Waals surface area (Å²) in [6.45, 7) is 4.38. The van der Waals surface area contributed by atoms with Gasteiger partial charge in [-0.3, -0.25) is 9.59 Å². The molecule has 2 N–H and O–H groups in total. The molecule has 2 saturated heterocycles. The number of rotatable bonds is 5. The minimum atomic E-state index is -3.45. The van der Waals surface area contributed by atoms with Crippen molar-refractivity contribution in [3.05, 3.63) is 0 Å². The highest BCUT2D eigenvalue weighted by Crippen LogP contribution is 2.18. The maximum Gasteiger partial charge on any atom is 0.251 e. The second-order valence-electron chi connectivity index (χ2n) is 6.84. The van der Waals surface area contributed by atoms with Gasteiger partial charge in [-0.1, -0.05) is 0 Å². The van der Waals surface area contributed by atoms with E-state index < -0.39 is 27.3 Å². The molecule has 2 fully saturated rings. The summed E-state index contributed by atoms with van der Waals surface area (Å²) in [5, 5.41) is 9.12. The molecular formula is C15H27N3O5S. The lowest BCUT2D eigenvalue weighted by Gasteiger charge is -2.25. The maximum atomic E-state index is 12.4. The molecule has 138 valence electrons. The van der Waals surface area contributed by atoms with E-state index in [1.165, 1.54) is 9.80 Å². The number of nitrogens with one attached hydrogen (secondary N) is 1. The fraction of sp³-hybridized carbons (Fsp3) is 0.867. The van der Waals surface area contributed by atoms with E-state index in [-0.39, 0.29) is 25.0 Å². The molecule has 9 heteroatoms. The summed E-state index contributed by atoms with van der Waals surface area (Å²) in [5.41, 5.74) is 0. The van der Waals surface area contributed by atoms with E-state index in [2.05, 4.69) is 4.72 Å². The minimum absolute atomic E-state index is 0.0970. The van der Waals surface area contributed by atoms with Gasteiger partial charge in [0.2, 0.25) is 15.9 Å². The van der Waals surface area contributed by atoms with E-state index in [0.29, 0.717) is 25.9 Å². The normalized spacial score (nSPS) is 26.1. The first-order chi connectivity index (χ1) is 11.2. The second-order valence-corrected chi connectivity index (χ2v) is 8.83. The minimum Gasteiger partial charge on any atom is -0.383 e. The van der Waals surface area contributed by atoms with E-state index in [9.17, 15) is 23.1 Å². The van der Waals surface area contributed by atoms with Gasteiger partial charge in [-0.25, -0.2) is 13.1 Å². The van der Waals surface area contributed by atoms with Gasteiger partial charge in [0.1, 0.15) is 6.10 Å². The van der Waals surface area contributed by atoms with Crippen LogP contribution >= 0.6 is 0 Å². The standard InChI is InChI=1S/C15H27N3O5S/c1-11(2)16-24(22,23)12-6-8-17(9-12)14(20)10-18-7-4-3-5-13(19)15(18)21/h11-13,16,19H,3-10H2,1-2H3. The molecule has 2 aliphatic rings. The maximum absolute atomic E-state index is 12.4. The number of sulfonamides is 1. The van der Waals surface area contributed by atoms with E-state index >= 15 is 0 Å². The third-order valence-corrected chi connectivity index (χ3v) is 6.48. The smallest absolute Gasteiger partial charge is 0.251 e. The zero-order chi connectivity index (χ0) is 17.9. The van der Waals surface area contributed by atoms with Gasteiger partial charge in [0, 0.05) is 25.7 Å². The Morgan fingerprint density at radius 1 is 1.29 bits per heavy atom. The highest BCUT2D eigenvalue weighted by Gasteiger charge is 2.36. The number of hydrogen-bond acceptors (Lipinski definition) is 5. The summed E-state index contributed by atoms with van der Waals surface area (Å²) in [6, 6.07) is -0.184. The molecule has 0 saturated carbocycles. The third kappa shape index (κ3) is 4.67. The summed E-state index contributed by atoms with van der Waals surface area (Å²) in [7, 11) is -3.45. The molecule has 0 aromatic rings. The lowest BCUT2D eigenvalue weighted by atomic mass is 10.2. The van der Waals surface area contributed by atoms with Crippen molar-refractivity contribution in [1.29, 1.82) is 0 Å². The van der Waals surface area contributed by atoms with Crippen LogP contribution in [0.3, 0.4) is 0 Å². The Kier molecular flexibility index (Phi) is 6.22. The third-order valence-electron chi connectivity index (χ3n) is 4.41. The number of aliphatic hydroxyl groups excluding tert-OH is 1. The highest BCUT2D eigenvalue weighted by atomic mass is 32.2. The Morgan fingerprint density at radius 2 is 2.00 bits per heavy atom. The predicted octanol–water partition coefficient (Wildman–Crippen LogP) is -0.711. The van der Waals surface area contributed by atoms with Crippen LogP contribution in [0.1, 0.15) is 39.5 Å². The molecule has 2 amide bonds. The Bertz CT molecular complexity index is 578. The monoisotopic (exact) mass is 361 g/mol. The molecule has 0 aromatic heterocycles. The number of likely N-dealkylation sites (tertiary alicyclic amines) is 2. The summed E-state index contributed by atoms with van der Waals surface area (Å²) >= 11 is 0. The molecule has 0 radical (unpaired) electrons. The van der Waals surface area contributed by atoms with E-state index in [4.69, 9.17) is 0 Å². The van der Waals surface area contributed by atoms with Crippen LogP contribution in [0.15, 0.2) is 0 Å². The van der Waals surface area contributed by atoms with Crippen molar-refractivity contribution in [2.75, 3.05) is 26.2 Å². The zero-order valence-electron chi connectivity index (χ0n) is 14.3. The molecule has 2 unspecified atom stereocenters. The first-order valence-corrected chi connectivity index (χ1v) is 10.0. The van der Waals surface area contributed by atoms with Crippen LogP contribution in [0.5, 0.6) is 0 Å². The first kappa shape index (κ1) is 19.1. The molecule has 0 spiro atoms. The van der Waals surface area contributed by atoms with Gasteiger partial charge in [-0.2, -0.15) is 0 Å². The van der Waals surface area contributed by atoms with Gasteiger partial charge in [-0.15, -0.1) is 0 Å². The Labute approximate surface area is 143 Å². The lowest BCUT2D eigenvalue weighted by molar-refractivity contribution is -0.144. The Hall–Kier alpha value is -1.19. The van der Waals surface area contributed by atoms with E-state index in [1.807, 2.05) is 0 Å². The molecule has 2 rings (SSSR count). The number of hydrogen-bond donors (Lipinski definition) is 2. The number of amides is 2. The Balaban J connectivity index is 1.93. The lowest BCUT2D eigenvalue weighted by Crippen LogP contribution is -2.46. The van der Waals surface area contributed by atoms with Gasteiger partial charge in [0.05, 0.1) is 11.8 Å². The quantitative estimate of drug-likeness (QED) is 0.673. The van der Waals surface area contributed by atoms with Crippen molar-refractivity contribution in [3.8, 4) is 0 Å². The molecule has 24 heavy (non-hydrogen) atoms. The van der Waals surface area contributed by atoms with Crippen LogP contribution in [0.4, 0.5) is 0 Å². The largest absolute Gasteiger partial charge is 0.383 e. The summed E-state index contributed by atoms with van der Waals surface area (Å²) in [5.74, 6) is -0.676. The predicted molar refractivity (Wildman–Crippen MR) is 88.6 cm³/mol. The molecule has 8 nitrogen and oxygen atoms in total. The zero-order valence-corrected chi connectivity index (χ0v) is 15.1. The molecule has 0 bridgehead atoms. The van der Waals surface area contributed by atoms with Crippen LogP contribution in [-0.4, -0.2) is 78.7 Å². The SMILES string of the molecule is CC(C)NS(=O)(=O)C1CCN(C(=O)CN2CCCCC(O)C2=O)C1. The van der Waals surface area contributed by atoms with Crippen molar-refractivity contribution in [2.24, 2.45) is 0 Å². The number of aliphatic hydroxyl groups is 1. The molecule has 0 aromatic carbocycles. The van der Waals surface area contributed by atoms with Crippen LogP contribution < -0.4 is 4.72 Å². The van der Waals surface area contributed by atoms with Crippen molar-refractivity contribution < 1.29 is 23.1 Å². The Morgan fingerprint density at radius 3 is 2.67 bits per heavy atom. The van der Waals surface area contributed by atoms with Gasteiger partial charge < -0.3 is 14.9 Å².